The van der Waals surface area contributed by atoms with Crippen molar-refractivity contribution in [3.8, 4) is 0 Å². The summed E-state index contributed by atoms with van der Waals surface area (Å²) in [5.74, 6) is -0.347. The van der Waals surface area contributed by atoms with Crippen LogP contribution in [0.4, 0.5) is 4.39 Å². The van der Waals surface area contributed by atoms with Gasteiger partial charge in [-0.25, -0.2) is 4.39 Å². The van der Waals surface area contributed by atoms with Crippen LogP contribution in [0.3, 0.4) is 0 Å². The highest BCUT2D eigenvalue weighted by molar-refractivity contribution is 5.88. The lowest BCUT2D eigenvalue weighted by atomic mass is 9.83. The number of carbonyl (C=O) groups excluding carboxylic acids is 2. The fourth-order valence-corrected chi connectivity index (χ4v) is 3.73. The van der Waals surface area contributed by atoms with Crippen molar-refractivity contribution in [2.24, 2.45) is 0 Å². The molecule has 1 spiro atoms. The number of carbonyl (C=O) groups is 2. The maximum atomic E-state index is 12.9. The van der Waals surface area contributed by atoms with Gasteiger partial charge in [0.05, 0.1) is 12.6 Å². The van der Waals surface area contributed by atoms with Gasteiger partial charge in [-0.1, -0.05) is 6.92 Å². The van der Waals surface area contributed by atoms with Crippen molar-refractivity contribution in [1.82, 2.24) is 20.1 Å². The molecule has 7 heteroatoms. The first-order valence-corrected chi connectivity index (χ1v) is 8.47. The zero-order valence-corrected chi connectivity index (χ0v) is 13.9. The molecule has 0 aliphatic carbocycles. The molecule has 3 heterocycles. The standard InChI is InChI=1S/C17H23FN4O2/c1-2-22-10-7-19-16(24)17(22)5-8-21(9-6-17)15(23)11-14-4-3-13(18)12-20-14/h3-4,12H,2,5-11H2,1H3,(H,19,24). The third-order valence-electron chi connectivity index (χ3n) is 5.14. The Morgan fingerprint density at radius 3 is 2.71 bits per heavy atom. The molecular formula is C17H23FN4O2. The number of piperidine rings is 1. The fourth-order valence-electron chi connectivity index (χ4n) is 3.73. The van der Waals surface area contributed by atoms with Crippen LogP contribution in [0, 0.1) is 5.82 Å². The zero-order valence-electron chi connectivity index (χ0n) is 13.9. The lowest BCUT2D eigenvalue weighted by molar-refractivity contribution is -0.146. The lowest BCUT2D eigenvalue weighted by Gasteiger charge is -2.49. The maximum absolute atomic E-state index is 12.9. The molecule has 130 valence electrons. The van der Waals surface area contributed by atoms with E-state index in [1.807, 2.05) is 0 Å². The van der Waals surface area contributed by atoms with Crippen LogP contribution in [0.15, 0.2) is 18.3 Å². The number of nitrogens with one attached hydrogen (secondary N) is 1. The van der Waals surface area contributed by atoms with Gasteiger partial charge in [0, 0.05) is 31.9 Å². The first kappa shape index (κ1) is 16.8. The van der Waals surface area contributed by atoms with E-state index in [9.17, 15) is 14.0 Å². The Bertz CT molecular complexity index is 612. The molecule has 1 aromatic heterocycles. The highest BCUT2D eigenvalue weighted by atomic mass is 19.1. The highest BCUT2D eigenvalue weighted by Gasteiger charge is 2.47. The van der Waals surface area contributed by atoms with Gasteiger partial charge in [-0.2, -0.15) is 0 Å². The van der Waals surface area contributed by atoms with E-state index in [-0.39, 0.29) is 18.2 Å². The van der Waals surface area contributed by atoms with E-state index in [4.69, 9.17) is 0 Å². The van der Waals surface area contributed by atoms with Crippen LogP contribution in [0.1, 0.15) is 25.5 Å². The zero-order chi connectivity index (χ0) is 17.2. The number of hydrogen-bond donors (Lipinski definition) is 1. The Morgan fingerprint density at radius 2 is 2.08 bits per heavy atom. The second-order valence-corrected chi connectivity index (χ2v) is 6.39. The minimum absolute atomic E-state index is 0.0248. The average molecular weight is 334 g/mol. The molecule has 0 aromatic carbocycles. The van der Waals surface area contributed by atoms with Gasteiger partial charge < -0.3 is 10.2 Å². The molecule has 0 bridgehead atoms. The van der Waals surface area contributed by atoms with Crippen LogP contribution in [0.5, 0.6) is 0 Å². The van der Waals surface area contributed by atoms with Crippen LogP contribution < -0.4 is 5.32 Å². The molecule has 3 rings (SSSR count). The first-order chi connectivity index (χ1) is 11.5. The predicted molar refractivity (Wildman–Crippen MR) is 86.7 cm³/mol. The minimum atomic E-state index is -0.474. The Kier molecular flexibility index (Phi) is 4.80. The molecule has 2 amide bonds. The number of pyridine rings is 1. The van der Waals surface area contributed by atoms with Crippen molar-refractivity contribution in [3.05, 3.63) is 29.8 Å². The van der Waals surface area contributed by atoms with E-state index < -0.39 is 11.4 Å². The van der Waals surface area contributed by atoms with Crippen molar-refractivity contribution >= 4 is 11.8 Å². The lowest BCUT2D eigenvalue weighted by Crippen LogP contribution is -2.68. The number of piperazine rings is 1. The van der Waals surface area contributed by atoms with E-state index >= 15 is 0 Å². The summed E-state index contributed by atoms with van der Waals surface area (Å²) in [5.41, 5.74) is 0.0880. The third-order valence-corrected chi connectivity index (χ3v) is 5.14. The van der Waals surface area contributed by atoms with Crippen molar-refractivity contribution < 1.29 is 14.0 Å². The molecule has 2 saturated heterocycles. The molecule has 1 N–H and O–H groups in total. The molecule has 0 unspecified atom stereocenters. The van der Waals surface area contributed by atoms with Crippen molar-refractivity contribution in [2.75, 3.05) is 32.7 Å². The summed E-state index contributed by atoms with van der Waals surface area (Å²) in [6.07, 6.45) is 2.58. The maximum Gasteiger partial charge on any atom is 0.240 e. The number of rotatable bonds is 3. The van der Waals surface area contributed by atoms with Crippen molar-refractivity contribution in [3.63, 3.8) is 0 Å². The summed E-state index contributed by atoms with van der Waals surface area (Å²) in [6, 6.07) is 2.85. The van der Waals surface area contributed by atoms with Crippen LogP contribution in [0.25, 0.3) is 0 Å². The number of hydrogen-bond acceptors (Lipinski definition) is 4. The van der Waals surface area contributed by atoms with E-state index in [1.54, 1.807) is 4.90 Å². The van der Waals surface area contributed by atoms with Gasteiger partial charge in [0.15, 0.2) is 0 Å². The van der Waals surface area contributed by atoms with Crippen LogP contribution in [-0.4, -0.2) is 64.9 Å². The number of halogens is 1. The van der Waals surface area contributed by atoms with Crippen molar-refractivity contribution in [1.29, 1.82) is 0 Å². The number of aromatic nitrogens is 1. The average Bonchev–Trinajstić information content (AvgIpc) is 2.60. The summed E-state index contributed by atoms with van der Waals surface area (Å²) >= 11 is 0. The molecular weight excluding hydrogens is 311 g/mol. The summed E-state index contributed by atoms with van der Waals surface area (Å²) in [6.45, 7) is 5.57. The smallest absolute Gasteiger partial charge is 0.240 e. The second-order valence-electron chi connectivity index (χ2n) is 6.39. The predicted octanol–water partition coefficient (Wildman–Crippen LogP) is 0.576. The summed E-state index contributed by atoms with van der Waals surface area (Å²) < 4.78 is 12.9. The Morgan fingerprint density at radius 1 is 1.33 bits per heavy atom. The molecule has 0 radical (unpaired) electrons. The van der Waals surface area contributed by atoms with Crippen LogP contribution in [-0.2, 0) is 16.0 Å². The molecule has 2 aliphatic rings. The van der Waals surface area contributed by atoms with Gasteiger partial charge in [-0.05, 0) is 31.5 Å². The van der Waals surface area contributed by atoms with Gasteiger partial charge >= 0.3 is 0 Å². The van der Waals surface area contributed by atoms with Crippen LogP contribution in [0.2, 0.25) is 0 Å². The topological polar surface area (TPSA) is 65.5 Å². The first-order valence-electron chi connectivity index (χ1n) is 8.47. The molecule has 2 fully saturated rings. The summed E-state index contributed by atoms with van der Waals surface area (Å²) in [5, 5.41) is 2.97. The second kappa shape index (κ2) is 6.84. The number of amides is 2. The summed E-state index contributed by atoms with van der Waals surface area (Å²) in [7, 11) is 0. The van der Waals surface area contributed by atoms with E-state index in [2.05, 4.69) is 22.1 Å². The van der Waals surface area contributed by atoms with E-state index in [0.29, 0.717) is 38.2 Å². The largest absolute Gasteiger partial charge is 0.353 e. The number of nitrogens with zero attached hydrogens (tertiary/aromatic N) is 3. The molecule has 1 aromatic rings. The molecule has 0 atom stereocenters. The molecule has 2 aliphatic heterocycles. The van der Waals surface area contributed by atoms with Gasteiger partial charge in [-0.3, -0.25) is 19.5 Å². The SMILES string of the molecule is CCN1CCNC(=O)C12CCN(C(=O)Cc1ccc(F)cn1)CC2. The number of likely N-dealkylation sites (tertiary alicyclic amines) is 1. The summed E-state index contributed by atoms with van der Waals surface area (Å²) in [4.78, 5) is 32.8. The minimum Gasteiger partial charge on any atom is -0.353 e. The van der Waals surface area contributed by atoms with Crippen molar-refractivity contribution in [2.45, 2.75) is 31.7 Å². The monoisotopic (exact) mass is 334 g/mol. The quantitative estimate of drug-likeness (QED) is 0.878. The molecule has 6 nitrogen and oxygen atoms in total. The molecule has 24 heavy (non-hydrogen) atoms. The van der Waals surface area contributed by atoms with Crippen LogP contribution >= 0.6 is 0 Å². The van der Waals surface area contributed by atoms with Gasteiger partial charge in [0.1, 0.15) is 11.4 Å². The Hall–Kier alpha value is -2.02. The highest BCUT2D eigenvalue weighted by Crippen LogP contribution is 2.31. The number of likely N-dealkylation sites (N-methyl/N-ethyl adjacent to an activating group) is 1. The van der Waals surface area contributed by atoms with E-state index in [1.165, 1.54) is 12.1 Å². The van der Waals surface area contributed by atoms with Gasteiger partial charge in [0.2, 0.25) is 11.8 Å². The fraction of sp³-hybridized carbons (Fsp3) is 0.588. The van der Waals surface area contributed by atoms with Gasteiger partial charge in [-0.15, -0.1) is 0 Å². The van der Waals surface area contributed by atoms with E-state index in [0.717, 1.165) is 19.3 Å². The Labute approximate surface area is 141 Å². The van der Waals surface area contributed by atoms with Gasteiger partial charge in [0.25, 0.3) is 0 Å². The third kappa shape index (κ3) is 3.13. The Balaban J connectivity index is 1.62. The normalized spacial score (nSPS) is 20.9. The molecule has 0 saturated carbocycles.